The molecular weight excluding hydrogens is 563 g/mol. The number of benzene rings is 3. The number of ether oxygens (including phenoxy) is 2. The van der Waals surface area contributed by atoms with Crippen LogP contribution in [0.5, 0.6) is 11.5 Å². The summed E-state index contributed by atoms with van der Waals surface area (Å²) in [5, 5.41) is 23.9. The van der Waals surface area contributed by atoms with Crippen LogP contribution in [0.4, 0.5) is 13.2 Å². The van der Waals surface area contributed by atoms with E-state index in [1.54, 1.807) is 30.8 Å². The Hall–Kier alpha value is -4.61. The monoisotopic (exact) mass is 591 g/mol. The molecule has 0 amide bonds. The van der Waals surface area contributed by atoms with Crippen molar-refractivity contribution in [3.05, 3.63) is 83.1 Å². The van der Waals surface area contributed by atoms with E-state index in [-0.39, 0.29) is 29.6 Å². The summed E-state index contributed by atoms with van der Waals surface area (Å²) in [5.41, 5.74) is 5.40. The van der Waals surface area contributed by atoms with E-state index in [1.165, 1.54) is 18.2 Å². The third-order valence-corrected chi connectivity index (χ3v) is 7.38. The van der Waals surface area contributed by atoms with E-state index in [0.29, 0.717) is 62.1 Å². The summed E-state index contributed by atoms with van der Waals surface area (Å²) in [7, 11) is 1.74. The summed E-state index contributed by atoms with van der Waals surface area (Å²) in [4.78, 5) is 4.57. The van der Waals surface area contributed by atoms with Gasteiger partial charge in [0.1, 0.15) is 11.5 Å². The van der Waals surface area contributed by atoms with Gasteiger partial charge < -0.3 is 24.1 Å². The molecular formula is C32H28F3N3O5. The van der Waals surface area contributed by atoms with Gasteiger partial charge in [0.05, 0.1) is 24.6 Å². The Kier molecular flexibility index (Phi) is 7.02. The zero-order chi connectivity index (χ0) is 30.6. The van der Waals surface area contributed by atoms with Crippen LogP contribution in [0, 0.1) is 12.7 Å². The van der Waals surface area contributed by atoms with Gasteiger partial charge in [0.15, 0.2) is 23.1 Å². The van der Waals surface area contributed by atoms with Crippen LogP contribution in [0.1, 0.15) is 42.5 Å². The lowest BCUT2D eigenvalue weighted by Crippen LogP contribution is -2.25. The lowest BCUT2D eigenvalue weighted by atomic mass is 9.90. The number of aliphatic hydroxyl groups is 2. The topological polar surface area (TPSA) is 103 Å². The minimum Gasteiger partial charge on any atom is -0.440 e. The SMILES string of the molecule is Cc1nc(-c2ccc3c(c2)OC(F)(F)O3)c(-c2cc(-c3cc(F)c(CO)c(C(C)C)c3)ccc2-c2cc(CO)nn2C)o1. The number of nitrogens with zero attached hydrogens (tertiary/aromatic N) is 3. The molecule has 2 aromatic heterocycles. The maximum Gasteiger partial charge on any atom is 0.586 e. The first-order valence-corrected chi connectivity index (χ1v) is 13.6. The molecule has 0 unspecified atom stereocenters. The highest BCUT2D eigenvalue weighted by Crippen LogP contribution is 2.46. The van der Waals surface area contributed by atoms with Gasteiger partial charge in [-0.2, -0.15) is 5.10 Å². The fourth-order valence-corrected chi connectivity index (χ4v) is 5.40. The normalized spacial score (nSPS) is 13.7. The molecule has 0 fully saturated rings. The van der Waals surface area contributed by atoms with E-state index in [4.69, 9.17) is 4.42 Å². The molecule has 3 heterocycles. The van der Waals surface area contributed by atoms with Crippen molar-refractivity contribution in [2.75, 3.05) is 0 Å². The molecule has 1 aliphatic rings. The second-order valence-corrected chi connectivity index (χ2v) is 10.6. The molecule has 0 saturated heterocycles. The molecule has 0 radical (unpaired) electrons. The number of oxazole rings is 1. The lowest BCUT2D eigenvalue weighted by molar-refractivity contribution is -0.286. The number of fused-ring (bicyclic) bond motifs is 1. The number of rotatable bonds is 7. The van der Waals surface area contributed by atoms with Gasteiger partial charge in [-0.1, -0.05) is 32.0 Å². The minimum atomic E-state index is -3.77. The molecule has 0 bridgehead atoms. The molecule has 222 valence electrons. The van der Waals surface area contributed by atoms with Crippen LogP contribution in [-0.4, -0.2) is 31.3 Å². The number of halogens is 3. The Bertz CT molecular complexity index is 1860. The molecule has 0 aliphatic carbocycles. The Morgan fingerprint density at radius 1 is 0.884 bits per heavy atom. The van der Waals surface area contributed by atoms with Crippen LogP contribution < -0.4 is 9.47 Å². The zero-order valence-corrected chi connectivity index (χ0v) is 23.8. The summed E-state index contributed by atoms with van der Waals surface area (Å²) in [6.07, 6.45) is -3.77. The standard InChI is InChI=1S/C32H28F3N3O5/c1-16(2)23-10-20(11-26(33)25(23)15-40)18-5-7-22(27-13-21(14-39)37-38(27)4)24(9-18)31-30(36-17(3)41-31)19-6-8-28-29(12-19)43-32(34,35)42-28/h5-13,16,39-40H,14-15H2,1-4H3. The molecule has 1 aliphatic heterocycles. The van der Waals surface area contributed by atoms with Gasteiger partial charge in [-0.15, -0.1) is 8.78 Å². The Labute approximate surface area is 245 Å². The van der Waals surface area contributed by atoms with E-state index < -0.39 is 18.7 Å². The summed E-state index contributed by atoms with van der Waals surface area (Å²) in [6.45, 7) is 4.85. The largest absolute Gasteiger partial charge is 0.586 e. The highest BCUT2D eigenvalue weighted by molar-refractivity contribution is 5.90. The van der Waals surface area contributed by atoms with Crippen LogP contribution in [0.15, 0.2) is 59.0 Å². The van der Waals surface area contributed by atoms with Crippen molar-refractivity contribution >= 4 is 0 Å². The van der Waals surface area contributed by atoms with Crippen molar-refractivity contribution in [1.82, 2.24) is 14.8 Å². The number of hydrogen-bond donors (Lipinski definition) is 2. The third-order valence-electron chi connectivity index (χ3n) is 7.38. The molecule has 2 N–H and O–H groups in total. The Balaban J connectivity index is 1.57. The van der Waals surface area contributed by atoms with Crippen molar-refractivity contribution in [1.29, 1.82) is 0 Å². The average molecular weight is 592 g/mol. The van der Waals surface area contributed by atoms with Crippen LogP contribution in [0.2, 0.25) is 0 Å². The van der Waals surface area contributed by atoms with E-state index in [9.17, 15) is 19.0 Å². The van der Waals surface area contributed by atoms with E-state index in [1.807, 2.05) is 38.1 Å². The molecule has 0 spiro atoms. The molecule has 0 atom stereocenters. The van der Waals surface area contributed by atoms with Crippen LogP contribution >= 0.6 is 0 Å². The first-order valence-electron chi connectivity index (χ1n) is 13.6. The van der Waals surface area contributed by atoms with Gasteiger partial charge in [0.2, 0.25) is 0 Å². The van der Waals surface area contributed by atoms with Gasteiger partial charge >= 0.3 is 6.29 Å². The van der Waals surface area contributed by atoms with Gasteiger partial charge in [0, 0.05) is 36.2 Å². The summed E-state index contributed by atoms with van der Waals surface area (Å²) in [5.74, 6) is -0.124. The van der Waals surface area contributed by atoms with E-state index >= 15 is 4.39 Å². The number of aliphatic hydroxyl groups excluding tert-OH is 2. The fraction of sp³-hybridized carbons (Fsp3) is 0.250. The second-order valence-electron chi connectivity index (χ2n) is 10.6. The van der Waals surface area contributed by atoms with Gasteiger partial charge in [0.25, 0.3) is 0 Å². The molecule has 5 aromatic rings. The Morgan fingerprint density at radius 2 is 1.63 bits per heavy atom. The number of aryl methyl sites for hydroxylation is 2. The lowest BCUT2D eigenvalue weighted by Gasteiger charge is -2.16. The molecule has 6 rings (SSSR count). The molecule has 8 nitrogen and oxygen atoms in total. The van der Waals surface area contributed by atoms with E-state index in [2.05, 4.69) is 19.6 Å². The van der Waals surface area contributed by atoms with Crippen LogP contribution in [-0.2, 0) is 20.3 Å². The van der Waals surface area contributed by atoms with Crippen molar-refractivity contribution < 1.29 is 37.3 Å². The fourth-order valence-electron chi connectivity index (χ4n) is 5.40. The van der Waals surface area contributed by atoms with Crippen molar-refractivity contribution in [2.24, 2.45) is 7.05 Å². The highest BCUT2D eigenvalue weighted by atomic mass is 19.3. The smallest absolute Gasteiger partial charge is 0.440 e. The summed E-state index contributed by atoms with van der Waals surface area (Å²) < 4.78 is 59.7. The maximum absolute atomic E-state index is 15.2. The zero-order valence-electron chi connectivity index (χ0n) is 23.8. The first-order chi connectivity index (χ1) is 20.5. The molecule has 3 aromatic carbocycles. The maximum atomic E-state index is 15.2. The predicted molar refractivity (Wildman–Crippen MR) is 152 cm³/mol. The highest BCUT2D eigenvalue weighted by Gasteiger charge is 2.43. The minimum absolute atomic E-state index is 0.0383. The predicted octanol–water partition coefficient (Wildman–Crippen LogP) is 6.95. The van der Waals surface area contributed by atoms with Crippen LogP contribution in [0.25, 0.3) is 45.0 Å². The average Bonchev–Trinajstić information content (AvgIpc) is 3.64. The Morgan fingerprint density at radius 3 is 2.33 bits per heavy atom. The number of hydrogen-bond acceptors (Lipinski definition) is 7. The second kappa shape index (κ2) is 10.6. The van der Waals surface area contributed by atoms with Crippen molar-refractivity contribution in [2.45, 2.75) is 46.2 Å². The summed E-state index contributed by atoms with van der Waals surface area (Å²) in [6, 6.07) is 14.9. The van der Waals surface area contributed by atoms with Crippen molar-refractivity contribution in [3.8, 4) is 56.5 Å². The van der Waals surface area contributed by atoms with E-state index in [0.717, 1.165) is 0 Å². The molecule has 0 saturated carbocycles. The summed E-state index contributed by atoms with van der Waals surface area (Å²) >= 11 is 0. The van der Waals surface area contributed by atoms with Gasteiger partial charge in [-0.25, -0.2) is 9.37 Å². The van der Waals surface area contributed by atoms with Gasteiger partial charge in [-0.05, 0) is 59.0 Å². The van der Waals surface area contributed by atoms with Gasteiger partial charge in [-0.3, -0.25) is 4.68 Å². The molecule has 11 heteroatoms. The number of aromatic nitrogens is 3. The number of alkyl halides is 2. The molecule has 43 heavy (non-hydrogen) atoms. The third kappa shape index (κ3) is 5.15. The van der Waals surface area contributed by atoms with Crippen LogP contribution in [0.3, 0.4) is 0 Å². The first kappa shape index (κ1) is 28.5. The van der Waals surface area contributed by atoms with Crippen molar-refractivity contribution in [3.63, 3.8) is 0 Å². The quantitative estimate of drug-likeness (QED) is 0.211.